The molecule has 0 atom stereocenters. The number of aromatic nitrogens is 2. The normalized spacial score (nSPS) is 11.8. The number of hydrogen-bond acceptors (Lipinski definition) is 6. The van der Waals surface area contributed by atoms with Crippen molar-refractivity contribution in [3.05, 3.63) is 48.3 Å². The first-order valence-electron chi connectivity index (χ1n) is 5.82. The second kappa shape index (κ2) is 4.61. The average molecular weight is 289 g/mol. The lowest BCUT2D eigenvalue weighted by atomic mass is 10.3. The molecule has 0 saturated heterocycles. The van der Waals surface area contributed by atoms with Crippen LogP contribution in [0.1, 0.15) is 5.56 Å². The molecule has 2 heterocycles. The van der Waals surface area contributed by atoms with Crippen LogP contribution in [0.3, 0.4) is 0 Å². The highest BCUT2D eigenvalue weighted by Gasteiger charge is 2.22. The summed E-state index contributed by atoms with van der Waals surface area (Å²) in [7, 11) is -3.65. The van der Waals surface area contributed by atoms with Gasteiger partial charge in [-0.15, -0.1) is 0 Å². The Hall–Kier alpha value is -2.41. The molecular weight excluding hydrogens is 278 g/mol. The summed E-state index contributed by atoms with van der Waals surface area (Å²) in [5.41, 5.74) is 7.52. The number of hydrogen-bond donors (Lipinski definition) is 1. The van der Waals surface area contributed by atoms with Crippen LogP contribution < -0.4 is 5.73 Å². The molecule has 2 N–H and O–H groups in total. The molecule has 0 spiro atoms. The zero-order valence-corrected chi connectivity index (χ0v) is 11.2. The molecule has 1 aromatic carbocycles. The first-order chi connectivity index (χ1) is 9.54. The minimum Gasteiger partial charge on any atom is -0.428 e. The van der Waals surface area contributed by atoms with Gasteiger partial charge in [0.15, 0.2) is 5.58 Å². The van der Waals surface area contributed by atoms with Crippen molar-refractivity contribution in [2.24, 2.45) is 0 Å². The van der Waals surface area contributed by atoms with Gasteiger partial charge < -0.3 is 10.2 Å². The maximum Gasteiger partial charge on any atom is 0.316 e. The van der Waals surface area contributed by atoms with Crippen LogP contribution in [-0.4, -0.2) is 18.4 Å². The average Bonchev–Trinajstić information content (AvgIpc) is 2.83. The van der Waals surface area contributed by atoms with Crippen LogP contribution in [0.15, 0.2) is 52.4 Å². The largest absolute Gasteiger partial charge is 0.428 e. The van der Waals surface area contributed by atoms with E-state index in [-0.39, 0.29) is 11.0 Å². The molecule has 0 aliphatic rings. The summed E-state index contributed by atoms with van der Waals surface area (Å²) in [5.74, 6) is -0.205. The smallest absolute Gasteiger partial charge is 0.316 e. The molecule has 3 aromatic rings. The highest BCUT2D eigenvalue weighted by atomic mass is 32.2. The number of sulfone groups is 1. The van der Waals surface area contributed by atoms with Crippen molar-refractivity contribution in [2.75, 3.05) is 5.73 Å². The van der Waals surface area contributed by atoms with Crippen molar-refractivity contribution in [2.45, 2.75) is 11.0 Å². The SMILES string of the molecule is Nc1ccc2oc(S(=O)(=O)Cc3cccnc3)nc2c1. The summed E-state index contributed by atoms with van der Waals surface area (Å²) >= 11 is 0. The van der Waals surface area contributed by atoms with E-state index in [9.17, 15) is 8.42 Å². The van der Waals surface area contributed by atoms with Gasteiger partial charge in [-0.3, -0.25) is 4.98 Å². The van der Waals surface area contributed by atoms with Gasteiger partial charge in [-0.05, 0) is 29.8 Å². The molecule has 0 saturated carbocycles. The lowest BCUT2D eigenvalue weighted by Gasteiger charge is -1.99. The van der Waals surface area contributed by atoms with Crippen molar-refractivity contribution < 1.29 is 12.8 Å². The number of nitrogen functional groups attached to an aromatic ring is 1. The first kappa shape index (κ1) is 12.6. The predicted molar refractivity (Wildman–Crippen MR) is 73.5 cm³/mol. The number of anilines is 1. The van der Waals surface area contributed by atoms with Crippen molar-refractivity contribution in [3.63, 3.8) is 0 Å². The minimum atomic E-state index is -3.65. The molecule has 2 aromatic heterocycles. The van der Waals surface area contributed by atoms with Gasteiger partial charge in [0.2, 0.25) is 9.84 Å². The van der Waals surface area contributed by atoms with Gasteiger partial charge in [-0.1, -0.05) is 6.07 Å². The van der Waals surface area contributed by atoms with Crippen molar-refractivity contribution in [1.82, 2.24) is 9.97 Å². The van der Waals surface area contributed by atoms with Gasteiger partial charge >= 0.3 is 5.22 Å². The molecule has 0 bridgehead atoms. The fraction of sp³-hybridized carbons (Fsp3) is 0.0769. The van der Waals surface area contributed by atoms with Crippen LogP contribution in [-0.2, 0) is 15.6 Å². The summed E-state index contributed by atoms with van der Waals surface area (Å²) in [6.45, 7) is 0. The van der Waals surface area contributed by atoms with Gasteiger partial charge in [0.05, 0.1) is 5.75 Å². The lowest BCUT2D eigenvalue weighted by molar-refractivity contribution is 0.458. The van der Waals surface area contributed by atoms with Crippen LogP contribution in [0.2, 0.25) is 0 Å². The third kappa shape index (κ3) is 2.35. The fourth-order valence-electron chi connectivity index (χ4n) is 1.82. The molecule has 0 amide bonds. The van der Waals surface area contributed by atoms with Crippen LogP contribution in [0.5, 0.6) is 0 Å². The maximum atomic E-state index is 12.2. The zero-order chi connectivity index (χ0) is 14.2. The molecule has 0 radical (unpaired) electrons. The lowest BCUT2D eigenvalue weighted by Crippen LogP contribution is -2.05. The molecular formula is C13H11N3O3S. The van der Waals surface area contributed by atoms with E-state index in [1.807, 2.05) is 0 Å². The van der Waals surface area contributed by atoms with Crippen LogP contribution in [0, 0.1) is 0 Å². The molecule has 0 aliphatic carbocycles. The number of rotatable bonds is 3. The summed E-state index contributed by atoms with van der Waals surface area (Å²) in [4.78, 5) is 7.87. The molecule has 0 fully saturated rings. The van der Waals surface area contributed by atoms with E-state index < -0.39 is 9.84 Å². The van der Waals surface area contributed by atoms with Crippen LogP contribution in [0.25, 0.3) is 11.1 Å². The summed E-state index contributed by atoms with van der Waals surface area (Å²) < 4.78 is 29.8. The Morgan fingerprint density at radius 1 is 1.25 bits per heavy atom. The number of oxazole rings is 1. The number of pyridine rings is 1. The standard InChI is InChI=1S/C13H11N3O3S/c14-10-3-4-12-11(6-10)16-13(19-12)20(17,18)8-9-2-1-5-15-7-9/h1-7H,8,14H2. The number of nitrogens with two attached hydrogens (primary N) is 1. The topological polar surface area (TPSA) is 99.1 Å². The third-order valence-electron chi connectivity index (χ3n) is 2.74. The van der Waals surface area contributed by atoms with E-state index in [1.54, 1.807) is 36.5 Å². The predicted octanol–water partition coefficient (Wildman–Crippen LogP) is 1.78. The molecule has 20 heavy (non-hydrogen) atoms. The highest BCUT2D eigenvalue weighted by molar-refractivity contribution is 7.90. The quantitative estimate of drug-likeness (QED) is 0.738. The molecule has 3 rings (SSSR count). The summed E-state index contributed by atoms with van der Waals surface area (Å²) in [6.07, 6.45) is 3.08. The second-order valence-electron chi connectivity index (χ2n) is 4.33. The molecule has 0 unspecified atom stereocenters. The minimum absolute atomic E-state index is 0.205. The van der Waals surface area contributed by atoms with E-state index in [0.29, 0.717) is 22.4 Å². The highest BCUT2D eigenvalue weighted by Crippen LogP contribution is 2.23. The van der Waals surface area contributed by atoms with Gasteiger partial charge in [-0.25, -0.2) is 8.42 Å². The van der Waals surface area contributed by atoms with Crippen molar-refractivity contribution in [1.29, 1.82) is 0 Å². The maximum absolute atomic E-state index is 12.2. The van der Waals surface area contributed by atoms with E-state index in [4.69, 9.17) is 10.2 Å². The Kier molecular flexibility index (Phi) is 2.90. The number of fused-ring (bicyclic) bond motifs is 1. The number of nitrogens with zero attached hydrogens (tertiary/aromatic N) is 2. The van der Waals surface area contributed by atoms with E-state index in [0.717, 1.165) is 0 Å². The monoisotopic (exact) mass is 289 g/mol. The Bertz CT molecular complexity index is 857. The van der Waals surface area contributed by atoms with Crippen LogP contribution in [0.4, 0.5) is 5.69 Å². The Morgan fingerprint density at radius 2 is 2.10 bits per heavy atom. The van der Waals surface area contributed by atoms with E-state index in [2.05, 4.69) is 9.97 Å². The van der Waals surface area contributed by atoms with Crippen LogP contribution >= 0.6 is 0 Å². The molecule has 6 nitrogen and oxygen atoms in total. The molecule has 0 aliphatic heterocycles. The van der Waals surface area contributed by atoms with Gasteiger partial charge in [-0.2, -0.15) is 4.98 Å². The molecule has 7 heteroatoms. The first-order valence-corrected chi connectivity index (χ1v) is 7.47. The molecule has 102 valence electrons. The fourth-order valence-corrected chi connectivity index (χ4v) is 3.01. The van der Waals surface area contributed by atoms with E-state index >= 15 is 0 Å². The van der Waals surface area contributed by atoms with Crippen molar-refractivity contribution in [3.8, 4) is 0 Å². The Labute approximate surface area is 115 Å². The second-order valence-corrected chi connectivity index (χ2v) is 6.19. The Morgan fingerprint density at radius 3 is 2.85 bits per heavy atom. The Balaban J connectivity index is 2.01. The zero-order valence-electron chi connectivity index (χ0n) is 10.4. The van der Waals surface area contributed by atoms with Crippen molar-refractivity contribution >= 4 is 26.6 Å². The number of benzene rings is 1. The van der Waals surface area contributed by atoms with E-state index in [1.165, 1.54) is 6.20 Å². The van der Waals surface area contributed by atoms with Gasteiger partial charge in [0, 0.05) is 18.1 Å². The summed E-state index contributed by atoms with van der Waals surface area (Å²) in [5, 5.41) is -0.304. The van der Waals surface area contributed by atoms with Gasteiger partial charge in [0.25, 0.3) is 0 Å². The summed E-state index contributed by atoms with van der Waals surface area (Å²) in [6, 6.07) is 8.16. The van der Waals surface area contributed by atoms with Gasteiger partial charge in [0.1, 0.15) is 5.52 Å². The third-order valence-corrected chi connectivity index (χ3v) is 4.16.